The highest BCUT2D eigenvalue weighted by Crippen LogP contribution is 2.27. The lowest BCUT2D eigenvalue weighted by atomic mass is 10.0. The highest BCUT2D eigenvalue weighted by atomic mass is 16.3. The molecule has 1 atom stereocenters. The lowest BCUT2D eigenvalue weighted by Crippen LogP contribution is -2.05. The van der Waals surface area contributed by atoms with E-state index in [9.17, 15) is 5.11 Å². The maximum absolute atomic E-state index is 9.28. The zero-order chi connectivity index (χ0) is 8.97. The molecule has 0 aromatic carbocycles. The van der Waals surface area contributed by atoms with Crippen LogP contribution in [0.3, 0.4) is 0 Å². The molecular weight excluding hydrogens is 148 g/mol. The van der Waals surface area contributed by atoms with Gasteiger partial charge >= 0.3 is 0 Å². The molecule has 1 saturated carbocycles. The van der Waals surface area contributed by atoms with Crippen LogP contribution in [0.1, 0.15) is 32.6 Å². The summed E-state index contributed by atoms with van der Waals surface area (Å²) >= 11 is 0. The Morgan fingerprint density at radius 1 is 1.58 bits per heavy atom. The van der Waals surface area contributed by atoms with Crippen LogP contribution >= 0.6 is 0 Å². The van der Waals surface area contributed by atoms with Crippen molar-refractivity contribution in [1.82, 2.24) is 0 Å². The minimum absolute atomic E-state index is 0.660. The molecule has 0 aromatic heterocycles. The van der Waals surface area contributed by atoms with Crippen LogP contribution in [0.25, 0.3) is 0 Å². The molecule has 0 aliphatic heterocycles. The number of hydrogen-bond donors (Lipinski definition) is 1. The number of hydrogen-bond acceptors (Lipinski definition) is 1. The first kappa shape index (κ1) is 9.35. The maximum Gasteiger partial charge on any atom is 0.135 e. The monoisotopic (exact) mass is 164 g/mol. The molecule has 1 N–H and O–H groups in total. The SMILES string of the molecule is C#CC(O)/C(C)=C/C1CCCC1. The first-order valence-corrected chi connectivity index (χ1v) is 4.56. The molecule has 1 heteroatoms. The Hall–Kier alpha value is -0.740. The van der Waals surface area contributed by atoms with Gasteiger partial charge in [0.15, 0.2) is 0 Å². The van der Waals surface area contributed by atoms with E-state index >= 15 is 0 Å². The van der Waals surface area contributed by atoms with Gasteiger partial charge in [0.1, 0.15) is 6.10 Å². The quantitative estimate of drug-likeness (QED) is 0.489. The highest BCUT2D eigenvalue weighted by molar-refractivity contribution is 5.17. The van der Waals surface area contributed by atoms with E-state index in [0.29, 0.717) is 5.92 Å². The van der Waals surface area contributed by atoms with Gasteiger partial charge in [-0.2, -0.15) is 0 Å². The van der Waals surface area contributed by atoms with Crippen molar-refractivity contribution in [2.45, 2.75) is 38.7 Å². The topological polar surface area (TPSA) is 20.2 Å². The molecule has 1 aliphatic carbocycles. The normalized spacial score (nSPS) is 22.2. The second-order valence-electron chi connectivity index (χ2n) is 3.52. The van der Waals surface area contributed by atoms with Crippen molar-refractivity contribution >= 4 is 0 Å². The fourth-order valence-corrected chi connectivity index (χ4v) is 1.72. The van der Waals surface area contributed by atoms with E-state index in [0.717, 1.165) is 5.57 Å². The predicted molar refractivity (Wildman–Crippen MR) is 50.6 cm³/mol. The van der Waals surface area contributed by atoms with Crippen LogP contribution in [0, 0.1) is 18.3 Å². The van der Waals surface area contributed by atoms with Gasteiger partial charge in [0, 0.05) is 0 Å². The third kappa shape index (κ3) is 2.39. The average Bonchev–Trinajstić information content (AvgIpc) is 2.55. The summed E-state index contributed by atoms with van der Waals surface area (Å²) in [6.45, 7) is 1.91. The molecule has 0 amide bonds. The summed E-state index contributed by atoms with van der Waals surface area (Å²) in [5.74, 6) is 2.99. The summed E-state index contributed by atoms with van der Waals surface area (Å²) in [6.07, 6.45) is 11.7. The number of aliphatic hydroxyl groups excluding tert-OH is 1. The molecule has 12 heavy (non-hydrogen) atoms. The standard InChI is InChI=1S/C11H16O/c1-3-11(12)9(2)8-10-6-4-5-7-10/h1,8,10-12H,4-7H2,2H3/b9-8+. The van der Waals surface area contributed by atoms with E-state index in [1.54, 1.807) is 0 Å². The molecule has 1 aliphatic rings. The van der Waals surface area contributed by atoms with E-state index in [2.05, 4.69) is 12.0 Å². The third-order valence-corrected chi connectivity index (χ3v) is 2.49. The van der Waals surface area contributed by atoms with Gasteiger partial charge in [-0.1, -0.05) is 24.8 Å². The molecule has 0 aromatic rings. The van der Waals surface area contributed by atoms with Crippen LogP contribution in [0.5, 0.6) is 0 Å². The van der Waals surface area contributed by atoms with E-state index in [-0.39, 0.29) is 0 Å². The van der Waals surface area contributed by atoms with Crippen molar-refractivity contribution in [2.24, 2.45) is 5.92 Å². The van der Waals surface area contributed by atoms with Crippen molar-refractivity contribution in [2.75, 3.05) is 0 Å². The molecule has 1 nitrogen and oxygen atoms in total. The Balaban J connectivity index is 2.49. The predicted octanol–water partition coefficient (Wildman–Crippen LogP) is 2.12. The summed E-state index contributed by atoms with van der Waals surface area (Å²) in [7, 11) is 0. The number of aliphatic hydroxyl groups is 1. The third-order valence-electron chi connectivity index (χ3n) is 2.49. The maximum atomic E-state index is 9.28. The van der Waals surface area contributed by atoms with Crippen molar-refractivity contribution in [3.8, 4) is 12.3 Å². The summed E-state index contributed by atoms with van der Waals surface area (Å²) in [6, 6.07) is 0. The van der Waals surface area contributed by atoms with Crippen LogP contribution in [0.2, 0.25) is 0 Å². The molecule has 1 rings (SSSR count). The molecule has 0 spiro atoms. The summed E-state index contributed by atoms with van der Waals surface area (Å²) in [4.78, 5) is 0. The Morgan fingerprint density at radius 2 is 2.17 bits per heavy atom. The van der Waals surface area contributed by atoms with Crippen LogP contribution in [0.4, 0.5) is 0 Å². The second kappa shape index (κ2) is 4.33. The molecule has 0 heterocycles. The second-order valence-corrected chi connectivity index (χ2v) is 3.52. The van der Waals surface area contributed by atoms with Crippen LogP contribution in [-0.2, 0) is 0 Å². The van der Waals surface area contributed by atoms with Gasteiger partial charge in [-0.25, -0.2) is 0 Å². The Labute approximate surface area is 74.5 Å². The summed E-state index contributed by atoms with van der Waals surface area (Å²) < 4.78 is 0. The zero-order valence-corrected chi connectivity index (χ0v) is 7.59. The largest absolute Gasteiger partial charge is 0.376 e. The molecule has 0 radical (unpaired) electrons. The first-order valence-electron chi connectivity index (χ1n) is 4.56. The molecule has 1 fully saturated rings. The molecular formula is C11H16O. The van der Waals surface area contributed by atoms with Crippen molar-refractivity contribution in [1.29, 1.82) is 0 Å². The minimum Gasteiger partial charge on any atom is -0.376 e. The highest BCUT2D eigenvalue weighted by Gasteiger charge is 2.13. The average molecular weight is 164 g/mol. The molecule has 0 bridgehead atoms. The van der Waals surface area contributed by atoms with E-state index < -0.39 is 6.10 Å². The zero-order valence-electron chi connectivity index (χ0n) is 7.59. The van der Waals surface area contributed by atoms with Crippen LogP contribution < -0.4 is 0 Å². The van der Waals surface area contributed by atoms with Gasteiger partial charge in [-0.15, -0.1) is 6.42 Å². The van der Waals surface area contributed by atoms with Crippen molar-refractivity contribution in [3.63, 3.8) is 0 Å². The van der Waals surface area contributed by atoms with Gasteiger partial charge in [0.05, 0.1) is 0 Å². The van der Waals surface area contributed by atoms with Crippen molar-refractivity contribution < 1.29 is 5.11 Å². The van der Waals surface area contributed by atoms with Crippen LogP contribution in [0.15, 0.2) is 11.6 Å². The molecule has 0 saturated heterocycles. The van der Waals surface area contributed by atoms with Gasteiger partial charge in [0.2, 0.25) is 0 Å². The number of rotatable bonds is 2. The summed E-state index contributed by atoms with van der Waals surface area (Å²) in [5.41, 5.74) is 0.935. The number of allylic oxidation sites excluding steroid dienone is 1. The fourth-order valence-electron chi connectivity index (χ4n) is 1.72. The van der Waals surface area contributed by atoms with E-state index in [1.807, 2.05) is 6.92 Å². The molecule has 66 valence electrons. The Morgan fingerprint density at radius 3 is 2.67 bits per heavy atom. The lowest BCUT2D eigenvalue weighted by molar-refractivity contribution is 0.267. The minimum atomic E-state index is -0.675. The van der Waals surface area contributed by atoms with Gasteiger partial charge < -0.3 is 5.11 Å². The Kier molecular flexibility index (Phi) is 3.37. The fraction of sp³-hybridized carbons (Fsp3) is 0.636. The van der Waals surface area contributed by atoms with Crippen LogP contribution in [-0.4, -0.2) is 11.2 Å². The van der Waals surface area contributed by atoms with Crippen molar-refractivity contribution in [3.05, 3.63) is 11.6 Å². The Bertz CT molecular complexity index is 204. The number of terminal acetylenes is 1. The lowest BCUT2D eigenvalue weighted by Gasteiger charge is -2.07. The van der Waals surface area contributed by atoms with Gasteiger partial charge in [0.25, 0.3) is 0 Å². The van der Waals surface area contributed by atoms with E-state index in [1.165, 1.54) is 25.7 Å². The smallest absolute Gasteiger partial charge is 0.135 e. The van der Waals surface area contributed by atoms with E-state index in [4.69, 9.17) is 6.42 Å². The van der Waals surface area contributed by atoms with Gasteiger partial charge in [-0.3, -0.25) is 0 Å². The first-order chi connectivity index (χ1) is 5.74. The van der Waals surface area contributed by atoms with Gasteiger partial charge in [-0.05, 0) is 31.3 Å². The molecule has 1 unspecified atom stereocenters. The summed E-state index contributed by atoms with van der Waals surface area (Å²) in [5, 5.41) is 9.28.